The van der Waals surface area contributed by atoms with Gasteiger partial charge in [-0.25, -0.2) is 8.42 Å². The number of halogens is 1. The maximum Gasteiger partial charge on any atom is 0.268 e. The SMILES string of the molecule is COc1cc(OC)c(-n2c(C)cc(/C=C(/C#N)C(=O)Nc3nnc(S(C)(=O)=O)s3)c2C)cc1Cl. The smallest absolute Gasteiger partial charge is 0.268 e. The normalized spacial score (nSPS) is 11.7. The van der Waals surface area contributed by atoms with Crippen LogP contribution in [0, 0.1) is 25.2 Å². The molecule has 34 heavy (non-hydrogen) atoms. The molecule has 0 aliphatic rings. The number of aromatic nitrogens is 3. The maximum absolute atomic E-state index is 12.6. The molecule has 0 saturated heterocycles. The van der Waals surface area contributed by atoms with E-state index in [1.807, 2.05) is 30.6 Å². The first-order chi connectivity index (χ1) is 16.0. The molecule has 1 N–H and O–H groups in total. The zero-order valence-corrected chi connectivity index (χ0v) is 21.2. The topological polar surface area (TPSA) is 136 Å². The fraction of sp³-hybridized carbons (Fsp3) is 0.238. The molecule has 2 heterocycles. The molecule has 13 heteroatoms. The van der Waals surface area contributed by atoms with Gasteiger partial charge in [0, 0.05) is 23.7 Å². The lowest BCUT2D eigenvalue weighted by Gasteiger charge is -2.16. The highest BCUT2D eigenvalue weighted by Crippen LogP contribution is 2.37. The van der Waals surface area contributed by atoms with E-state index < -0.39 is 15.7 Å². The van der Waals surface area contributed by atoms with Crippen LogP contribution in [0.15, 0.2) is 28.1 Å². The Balaban J connectivity index is 1.98. The zero-order chi connectivity index (χ0) is 25.2. The van der Waals surface area contributed by atoms with Gasteiger partial charge in [0.15, 0.2) is 0 Å². The number of benzene rings is 1. The van der Waals surface area contributed by atoms with Crippen molar-refractivity contribution in [2.45, 2.75) is 18.2 Å². The number of nitrogens with zero attached hydrogens (tertiary/aromatic N) is 4. The van der Waals surface area contributed by atoms with Crippen LogP contribution in [0.25, 0.3) is 11.8 Å². The molecular weight excluding hydrogens is 502 g/mol. The lowest BCUT2D eigenvalue weighted by Crippen LogP contribution is -2.13. The summed E-state index contributed by atoms with van der Waals surface area (Å²) >= 11 is 7.02. The minimum Gasteiger partial charge on any atom is -0.495 e. The van der Waals surface area contributed by atoms with E-state index in [2.05, 4.69) is 15.5 Å². The molecule has 3 aromatic rings. The average molecular weight is 522 g/mol. The van der Waals surface area contributed by atoms with Crippen LogP contribution in [0.2, 0.25) is 5.02 Å². The monoisotopic (exact) mass is 521 g/mol. The summed E-state index contributed by atoms with van der Waals surface area (Å²) in [5.74, 6) is 0.243. The first-order valence-corrected chi connectivity index (χ1v) is 12.7. The van der Waals surface area contributed by atoms with Gasteiger partial charge >= 0.3 is 0 Å². The van der Waals surface area contributed by atoms with Gasteiger partial charge in [0.25, 0.3) is 5.91 Å². The first-order valence-electron chi connectivity index (χ1n) is 9.57. The van der Waals surface area contributed by atoms with E-state index in [1.54, 1.807) is 12.1 Å². The van der Waals surface area contributed by atoms with Crippen LogP contribution in [0.5, 0.6) is 11.5 Å². The molecule has 0 bridgehead atoms. The fourth-order valence-corrected chi connectivity index (χ4v) is 4.94. The third kappa shape index (κ3) is 5.06. The number of ether oxygens (including phenoxy) is 2. The quantitative estimate of drug-likeness (QED) is 0.283. The van der Waals surface area contributed by atoms with E-state index in [9.17, 15) is 18.5 Å². The average Bonchev–Trinajstić information content (AvgIpc) is 3.35. The summed E-state index contributed by atoms with van der Waals surface area (Å²) in [6.07, 6.45) is 2.42. The van der Waals surface area contributed by atoms with Crippen molar-refractivity contribution < 1.29 is 22.7 Å². The molecule has 0 atom stereocenters. The van der Waals surface area contributed by atoms with Crippen LogP contribution in [0.4, 0.5) is 5.13 Å². The third-order valence-corrected chi connectivity index (χ3v) is 7.58. The molecule has 3 rings (SSSR count). The molecule has 0 spiro atoms. The predicted octanol–water partition coefficient (Wildman–Crippen LogP) is 3.57. The number of nitrogens with one attached hydrogen (secondary N) is 1. The Kier molecular flexibility index (Phi) is 7.30. The molecule has 178 valence electrons. The van der Waals surface area contributed by atoms with Crippen LogP contribution in [-0.4, -0.2) is 49.6 Å². The zero-order valence-electron chi connectivity index (χ0n) is 18.8. The molecule has 1 aromatic carbocycles. The predicted molar refractivity (Wildman–Crippen MR) is 129 cm³/mol. The number of nitriles is 1. The van der Waals surface area contributed by atoms with E-state index in [-0.39, 0.29) is 15.0 Å². The Morgan fingerprint density at radius 1 is 1.21 bits per heavy atom. The van der Waals surface area contributed by atoms with Crippen molar-refractivity contribution >= 4 is 49.9 Å². The molecule has 0 unspecified atom stereocenters. The number of hydrogen-bond donors (Lipinski definition) is 1. The number of amides is 1. The summed E-state index contributed by atoms with van der Waals surface area (Å²) in [7, 11) is -0.519. The highest BCUT2D eigenvalue weighted by Gasteiger charge is 2.20. The standard InChI is InChI=1S/C21H20ClN5O5S2/c1-11-6-13(12(2)27(11)16-8-15(22)17(31-3)9-18(16)32-4)7-14(10-23)19(28)24-20-25-26-21(33-20)34(5,29)30/h6-9H,1-5H3,(H,24,25,28)/b14-7-. The van der Waals surface area contributed by atoms with Crippen molar-refractivity contribution in [2.75, 3.05) is 25.8 Å². The fourth-order valence-electron chi connectivity index (χ4n) is 3.20. The summed E-state index contributed by atoms with van der Waals surface area (Å²) in [6, 6.07) is 7.06. The number of sulfone groups is 1. The molecular formula is C21H20ClN5O5S2. The Hall–Kier alpha value is -3.40. The molecule has 10 nitrogen and oxygen atoms in total. The lowest BCUT2D eigenvalue weighted by molar-refractivity contribution is -0.112. The van der Waals surface area contributed by atoms with Gasteiger partial charge in [0.05, 0.1) is 24.9 Å². The van der Waals surface area contributed by atoms with Crippen LogP contribution in [0.3, 0.4) is 0 Å². The largest absolute Gasteiger partial charge is 0.495 e. The summed E-state index contributed by atoms with van der Waals surface area (Å²) < 4.78 is 35.5. The highest BCUT2D eigenvalue weighted by molar-refractivity contribution is 7.92. The van der Waals surface area contributed by atoms with Crippen molar-refractivity contribution in [1.29, 1.82) is 5.26 Å². The van der Waals surface area contributed by atoms with Gasteiger partial charge in [-0.3, -0.25) is 10.1 Å². The highest BCUT2D eigenvalue weighted by atomic mass is 35.5. The summed E-state index contributed by atoms with van der Waals surface area (Å²) in [6.45, 7) is 3.69. The molecule has 0 aliphatic heterocycles. The van der Waals surface area contributed by atoms with Gasteiger partial charge in [-0.15, -0.1) is 10.2 Å². The van der Waals surface area contributed by atoms with Gasteiger partial charge < -0.3 is 14.0 Å². The van der Waals surface area contributed by atoms with E-state index >= 15 is 0 Å². The van der Waals surface area contributed by atoms with Gasteiger partial charge in [-0.2, -0.15) is 5.26 Å². The van der Waals surface area contributed by atoms with Crippen molar-refractivity contribution in [2.24, 2.45) is 0 Å². The Labute approximate surface area is 205 Å². The second-order valence-corrected chi connectivity index (χ2v) is 10.7. The summed E-state index contributed by atoms with van der Waals surface area (Å²) in [4.78, 5) is 12.6. The molecule has 0 radical (unpaired) electrons. The van der Waals surface area contributed by atoms with E-state index in [1.165, 1.54) is 20.3 Å². The Morgan fingerprint density at radius 2 is 1.88 bits per heavy atom. The number of rotatable bonds is 7. The lowest BCUT2D eigenvalue weighted by atomic mass is 10.1. The van der Waals surface area contributed by atoms with Gasteiger partial charge in [-0.05, 0) is 37.6 Å². The van der Waals surface area contributed by atoms with Crippen molar-refractivity contribution in [3.63, 3.8) is 0 Å². The van der Waals surface area contributed by atoms with E-state index in [0.29, 0.717) is 39.1 Å². The van der Waals surface area contributed by atoms with Crippen LogP contribution >= 0.6 is 22.9 Å². The van der Waals surface area contributed by atoms with Gasteiger partial charge in [-0.1, -0.05) is 22.9 Å². The van der Waals surface area contributed by atoms with Crippen molar-refractivity contribution in [3.8, 4) is 23.3 Å². The molecule has 0 saturated carbocycles. The van der Waals surface area contributed by atoms with Crippen LogP contribution in [0.1, 0.15) is 17.0 Å². The minimum absolute atomic E-state index is 0.0327. The number of methoxy groups -OCH3 is 2. The Bertz CT molecular complexity index is 1450. The molecule has 2 aromatic heterocycles. The van der Waals surface area contributed by atoms with E-state index in [0.717, 1.165) is 17.6 Å². The summed E-state index contributed by atoms with van der Waals surface area (Å²) in [5.41, 5.74) is 2.62. The number of carbonyl (C=O) groups excluding carboxylic acids is 1. The molecule has 1 amide bonds. The summed E-state index contributed by atoms with van der Waals surface area (Å²) in [5, 5.41) is 19.5. The molecule has 0 fully saturated rings. The Morgan fingerprint density at radius 3 is 2.44 bits per heavy atom. The number of anilines is 1. The first kappa shape index (κ1) is 25.2. The number of carbonyl (C=O) groups is 1. The van der Waals surface area contributed by atoms with Gasteiger partial charge in [0.1, 0.15) is 23.1 Å². The van der Waals surface area contributed by atoms with Crippen molar-refractivity contribution in [3.05, 3.63) is 45.7 Å². The van der Waals surface area contributed by atoms with Crippen molar-refractivity contribution in [1.82, 2.24) is 14.8 Å². The third-order valence-electron chi connectivity index (χ3n) is 4.77. The minimum atomic E-state index is -3.56. The molecule has 0 aliphatic carbocycles. The van der Waals surface area contributed by atoms with Gasteiger partial charge in [0.2, 0.25) is 19.3 Å². The van der Waals surface area contributed by atoms with Crippen LogP contribution in [-0.2, 0) is 14.6 Å². The van der Waals surface area contributed by atoms with Crippen LogP contribution < -0.4 is 14.8 Å². The maximum atomic E-state index is 12.6. The van der Waals surface area contributed by atoms with E-state index in [4.69, 9.17) is 21.1 Å². The second kappa shape index (κ2) is 9.84. The number of aryl methyl sites for hydroxylation is 1. The number of hydrogen-bond acceptors (Lipinski definition) is 9. The second-order valence-electron chi connectivity index (χ2n) is 7.09.